The summed E-state index contributed by atoms with van der Waals surface area (Å²) in [7, 11) is 0. The minimum absolute atomic E-state index is 0.117. The van der Waals surface area contributed by atoms with Crippen LogP contribution in [0.4, 0.5) is 0 Å². The summed E-state index contributed by atoms with van der Waals surface area (Å²) in [5.41, 5.74) is 5.72. The van der Waals surface area contributed by atoms with Gasteiger partial charge in [-0.1, -0.05) is 65.7 Å². The number of halogens is 2. The van der Waals surface area contributed by atoms with Crippen molar-refractivity contribution >= 4 is 40.8 Å². The maximum absolute atomic E-state index is 13.0. The highest BCUT2D eigenvalue weighted by Gasteiger charge is 2.34. The van der Waals surface area contributed by atoms with Gasteiger partial charge in [-0.25, -0.2) is 5.01 Å². The van der Waals surface area contributed by atoms with Gasteiger partial charge in [-0.05, 0) is 53.4 Å². The molecule has 1 heterocycles. The highest BCUT2D eigenvalue weighted by Crippen LogP contribution is 2.37. The van der Waals surface area contributed by atoms with Crippen LogP contribution in [0.1, 0.15) is 42.0 Å². The summed E-state index contributed by atoms with van der Waals surface area (Å²) >= 11 is 12.2. The standard InChI is InChI=1S/C26H22Cl2N2O3/c1-16-3-2-4-21(26(16)18-7-11-20(28)12-8-18)22-15-23(17-5-9-19(27)10-6-17)30(29-22)24(31)13-14-25(32)33/h2-12,23H,13-15H2,1H3,(H,32,33)/t23-/m1/s1. The molecule has 0 aromatic heterocycles. The Bertz CT molecular complexity index is 1220. The molecule has 0 bridgehead atoms. The topological polar surface area (TPSA) is 70.0 Å². The van der Waals surface area contributed by atoms with Gasteiger partial charge in [0, 0.05) is 28.5 Å². The number of amides is 1. The Morgan fingerprint density at radius 1 is 0.970 bits per heavy atom. The molecule has 1 N–H and O–H groups in total. The Balaban J connectivity index is 1.76. The van der Waals surface area contributed by atoms with Crippen molar-refractivity contribution in [1.29, 1.82) is 0 Å². The molecule has 1 aliphatic heterocycles. The fourth-order valence-electron chi connectivity index (χ4n) is 4.08. The second-order valence-corrected chi connectivity index (χ2v) is 8.83. The molecule has 0 fully saturated rings. The van der Waals surface area contributed by atoms with Gasteiger partial charge in [0.1, 0.15) is 0 Å². The van der Waals surface area contributed by atoms with E-state index >= 15 is 0 Å². The van der Waals surface area contributed by atoms with E-state index in [0.717, 1.165) is 33.5 Å². The Labute approximate surface area is 202 Å². The third kappa shape index (κ3) is 5.10. The number of carboxylic acids is 1. The molecule has 0 spiro atoms. The molecule has 1 amide bonds. The number of aliphatic carboxylic acids is 1. The number of benzene rings is 3. The number of nitrogens with zero attached hydrogens (tertiary/aromatic N) is 2. The van der Waals surface area contributed by atoms with Gasteiger partial charge >= 0.3 is 5.97 Å². The summed E-state index contributed by atoms with van der Waals surface area (Å²) in [6.07, 6.45) is 0.145. The zero-order valence-corrected chi connectivity index (χ0v) is 19.5. The molecule has 0 aliphatic carbocycles. The molecule has 4 rings (SSSR count). The molecule has 3 aromatic rings. The largest absolute Gasteiger partial charge is 0.481 e. The second kappa shape index (κ2) is 9.77. The van der Waals surface area contributed by atoms with Gasteiger partial charge in [0.25, 0.3) is 0 Å². The summed E-state index contributed by atoms with van der Waals surface area (Å²) in [5, 5.41) is 16.4. The molecule has 1 aliphatic rings. The van der Waals surface area contributed by atoms with Gasteiger partial charge in [-0.2, -0.15) is 5.10 Å². The van der Waals surface area contributed by atoms with E-state index in [2.05, 4.69) is 0 Å². The number of hydrogen-bond donors (Lipinski definition) is 1. The minimum atomic E-state index is -1.02. The second-order valence-electron chi connectivity index (χ2n) is 7.95. The molecule has 1 atom stereocenters. The number of hydrogen-bond acceptors (Lipinski definition) is 3. The average molecular weight is 481 g/mol. The van der Waals surface area contributed by atoms with E-state index in [1.165, 1.54) is 5.01 Å². The van der Waals surface area contributed by atoms with Crippen molar-refractivity contribution < 1.29 is 14.7 Å². The van der Waals surface area contributed by atoms with Crippen molar-refractivity contribution in [3.05, 3.63) is 93.5 Å². The molecule has 0 saturated heterocycles. The summed E-state index contributed by atoms with van der Waals surface area (Å²) in [5.74, 6) is -1.34. The maximum Gasteiger partial charge on any atom is 0.303 e. The van der Waals surface area contributed by atoms with Crippen LogP contribution in [0.25, 0.3) is 11.1 Å². The minimum Gasteiger partial charge on any atom is -0.481 e. The van der Waals surface area contributed by atoms with Crippen molar-refractivity contribution in [2.45, 2.75) is 32.2 Å². The molecule has 0 unspecified atom stereocenters. The monoisotopic (exact) mass is 480 g/mol. The molecule has 168 valence electrons. The Morgan fingerprint density at radius 2 is 1.61 bits per heavy atom. The molecule has 3 aromatic carbocycles. The quantitative estimate of drug-likeness (QED) is 0.436. The third-order valence-corrected chi connectivity index (χ3v) is 6.19. The summed E-state index contributed by atoms with van der Waals surface area (Å²) in [6.45, 7) is 2.04. The Hall–Kier alpha value is -3.15. The van der Waals surface area contributed by atoms with Gasteiger partial charge < -0.3 is 5.11 Å². The fraction of sp³-hybridized carbons (Fsp3) is 0.192. The predicted octanol–water partition coefficient (Wildman–Crippen LogP) is 6.51. The lowest BCUT2D eigenvalue weighted by Crippen LogP contribution is -2.27. The first kappa shape index (κ1) is 23.0. The molecule has 0 saturated carbocycles. The van der Waals surface area contributed by atoms with E-state index < -0.39 is 5.97 Å². The normalized spacial score (nSPS) is 15.4. The molecule has 7 heteroatoms. The van der Waals surface area contributed by atoms with Crippen LogP contribution in [0, 0.1) is 6.92 Å². The Morgan fingerprint density at radius 3 is 2.24 bits per heavy atom. The van der Waals surface area contributed by atoms with Gasteiger partial charge in [-0.15, -0.1) is 0 Å². The lowest BCUT2D eigenvalue weighted by atomic mass is 9.90. The summed E-state index contributed by atoms with van der Waals surface area (Å²) in [6, 6.07) is 20.6. The van der Waals surface area contributed by atoms with E-state index in [1.54, 1.807) is 12.1 Å². The fourth-order valence-corrected chi connectivity index (χ4v) is 4.34. The van der Waals surface area contributed by atoms with Gasteiger partial charge in [0.15, 0.2) is 0 Å². The van der Waals surface area contributed by atoms with Crippen molar-refractivity contribution in [3.8, 4) is 11.1 Å². The van der Waals surface area contributed by atoms with Crippen LogP contribution in [0.15, 0.2) is 71.8 Å². The molecule has 33 heavy (non-hydrogen) atoms. The number of carbonyl (C=O) groups excluding carboxylic acids is 1. The van der Waals surface area contributed by atoms with Crippen molar-refractivity contribution in [2.75, 3.05) is 0 Å². The number of carboxylic acid groups (broad SMARTS) is 1. The lowest BCUT2D eigenvalue weighted by molar-refractivity contribution is -0.141. The van der Waals surface area contributed by atoms with Crippen LogP contribution in [-0.4, -0.2) is 27.7 Å². The molecule has 0 radical (unpaired) electrons. The first-order valence-electron chi connectivity index (χ1n) is 10.6. The van der Waals surface area contributed by atoms with Crippen LogP contribution in [0.2, 0.25) is 10.0 Å². The van der Waals surface area contributed by atoms with E-state index in [4.69, 9.17) is 33.4 Å². The Kier molecular flexibility index (Phi) is 6.82. The lowest BCUT2D eigenvalue weighted by Gasteiger charge is -2.22. The maximum atomic E-state index is 13.0. The van der Waals surface area contributed by atoms with E-state index in [1.807, 2.05) is 61.5 Å². The van der Waals surface area contributed by atoms with Crippen LogP contribution < -0.4 is 0 Å². The van der Waals surface area contributed by atoms with Gasteiger partial charge in [0.05, 0.1) is 18.2 Å². The molecular weight excluding hydrogens is 459 g/mol. The summed E-state index contributed by atoms with van der Waals surface area (Å²) in [4.78, 5) is 24.0. The van der Waals surface area contributed by atoms with Crippen molar-refractivity contribution in [1.82, 2.24) is 5.01 Å². The van der Waals surface area contributed by atoms with Crippen molar-refractivity contribution in [3.63, 3.8) is 0 Å². The van der Waals surface area contributed by atoms with Crippen molar-refractivity contribution in [2.24, 2.45) is 5.10 Å². The van der Waals surface area contributed by atoms with Crippen LogP contribution in [-0.2, 0) is 9.59 Å². The van der Waals surface area contributed by atoms with Gasteiger partial charge in [0.2, 0.25) is 5.91 Å². The van der Waals surface area contributed by atoms with E-state index in [0.29, 0.717) is 16.5 Å². The van der Waals surface area contributed by atoms with Crippen LogP contribution in [0.5, 0.6) is 0 Å². The average Bonchev–Trinajstić information content (AvgIpc) is 3.24. The third-order valence-electron chi connectivity index (χ3n) is 5.69. The first-order valence-corrected chi connectivity index (χ1v) is 11.3. The SMILES string of the molecule is Cc1cccc(C2=NN(C(=O)CCC(=O)O)[C@@H](c3ccc(Cl)cc3)C2)c1-c1ccc(Cl)cc1. The highest BCUT2D eigenvalue weighted by atomic mass is 35.5. The number of rotatable bonds is 6. The van der Waals surface area contributed by atoms with Gasteiger partial charge in [-0.3, -0.25) is 9.59 Å². The van der Waals surface area contributed by atoms with Crippen LogP contribution in [0.3, 0.4) is 0 Å². The molecular formula is C26H22Cl2N2O3. The van der Waals surface area contributed by atoms with E-state index in [9.17, 15) is 9.59 Å². The zero-order chi connectivity index (χ0) is 23.5. The number of hydrazone groups is 1. The highest BCUT2D eigenvalue weighted by molar-refractivity contribution is 6.30. The first-order chi connectivity index (χ1) is 15.8. The zero-order valence-electron chi connectivity index (χ0n) is 18.0. The molecule has 5 nitrogen and oxygen atoms in total. The van der Waals surface area contributed by atoms with E-state index in [-0.39, 0.29) is 24.8 Å². The predicted molar refractivity (Wildman–Crippen MR) is 131 cm³/mol. The number of aryl methyl sites for hydroxylation is 1. The van der Waals surface area contributed by atoms with Crippen LogP contribution >= 0.6 is 23.2 Å². The number of carbonyl (C=O) groups is 2. The summed E-state index contributed by atoms with van der Waals surface area (Å²) < 4.78 is 0. The smallest absolute Gasteiger partial charge is 0.303 e.